The molecule has 1 aliphatic carbocycles. The zero-order chi connectivity index (χ0) is 40.1. The average Bonchev–Trinajstić information content (AvgIpc) is 3.94. The first-order chi connectivity index (χ1) is 27.0. The van der Waals surface area contributed by atoms with Gasteiger partial charge in [0.2, 0.25) is 5.91 Å². The number of aromatic nitrogens is 1. The fraction of sp³-hybridized carbons (Fsp3) is 0.537. The summed E-state index contributed by atoms with van der Waals surface area (Å²) in [6.07, 6.45) is 13.2. The number of esters is 3. The lowest BCUT2D eigenvalue weighted by Gasteiger charge is -2.36. The Morgan fingerprint density at radius 3 is 2.30 bits per heavy atom. The number of halogens is 1. The molecule has 3 fully saturated rings. The lowest BCUT2D eigenvalue weighted by Crippen LogP contribution is -2.47. The van der Waals surface area contributed by atoms with Gasteiger partial charge in [-0.25, -0.2) is 14.0 Å². The van der Waals surface area contributed by atoms with E-state index in [0.29, 0.717) is 48.8 Å². The Balaban J connectivity index is 1.29. The number of fused-ring (bicyclic) bond motifs is 2. The molecule has 2 saturated heterocycles. The van der Waals surface area contributed by atoms with Crippen LogP contribution in [-0.2, 0) is 57.8 Å². The molecule has 4 aliphatic rings. The number of terminal acetylenes is 2. The average molecular weight is 775 g/mol. The van der Waals surface area contributed by atoms with Crippen LogP contribution in [0.15, 0.2) is 12.3 Å². The summed E-state index contributed by atoms with van der Waals surface area (Å²) < 4.78 is 49.6. The Morgan fingerprint density at radius 2 is 1.68 bits per heavy atom. The second-order valence-electron chi connectivity index (χ2n) is 14.4. The molecule has 1 aromatic heterocycles. The van der Waals surface area contributed by atoms with Crippen molar-refractivity contribution in [3.8, 4) is 36.2 Å². The number of amides is 1. The molecule has 0 bridgehead atoms. The smallest absolute Gasteiger partial charge is 0.335 e. The Kier molecular flexibility index (Phi) is 12.8. The van der Waals surface area contributed by atoms with Crippen LogP contribution in [-0.4, -0.2) is 93.0 Å². The molecule has 56 heavy (non-hydrogen) atoms. The molecule has 1 saturated carbocycles. The van der Waals surface area contributed by atoms with Crippen LogP contribution in [0.1, 0.15) is 61.9 Å². The van der Waals surface area contributed by atoms with E-state index in [2.05, 4.69) is 22.1 Å². The van der Waals surface area contributed by atoms with Gasteiger partial charge in [0, 0.05) is 42.5 Å². The van der Waals surface area contributed by atoms with Crippen LogP contribution in [0.3, 0.4) is 0 Å². The number of piperidine rings is 1. The van der Waals surface area contributed by atoms with Crippen molar-refractivity contribution in [2.75, 3.05) is 49.8 Å². The third-order valence-electron chi connectivity index (χ3n) is 10.6. The van der Waals surface area contributed by atoms with E-state index in [-0.39, 0.29) is 66.6 Å². The van der Waals surface area contributed by atoms with Gasteiger partial charge in [-0.05, 0) is 77.0 Å². The molecule has 3 aliphatic heterocycles. The van der Waals surface area contributed by atoms with E-state index in [0.717, 1.165) is 19.4 Å². The normalized spacial score (nSPS) is 21.2. The van der Waals surface area contributed by atoms with Crippen LogP contribution in [0.2, 0.25) is 0 Å². The van der Waals surface area contributed by atoms with Crippen LogP contribution in [0.5, 0.6) is 11.5 Å². The minimum Gasteiger partial charge on any atom is -0.492 e. The SMILES string of the molecule is C#CCOC(C)C(=O)OCc1cnc(C)c(OC(=O)C2Cc3cc(F)c(N4CC5CCCNC5C4)c(OC)c3N(C3CC3)C2=O)c1COC(=O)C(C)OCC#C. The molecule has 15 heteroatoms. The van der Waals surface area contributed by atoms with E-state index >= 15 is 4.39 Å². The molecule has 0 spiro atoms. The lowest BCUT2D eigenvalue weighted by molar-refractivity contribution is -0.158. The first-order valence-corrected chi connectivity index (χ1v) is 18.8. The topological polar surface area (TPSA) is 155 Å². The molecule has 1 amide bonds. The Labute approximate surface area is 325 Å². The number of hydrogen-bond donors (Lipinski definition) is 1. The van der Waals surface area contributed by atoms with Gasteiger partial charge in [0.1, 0.15) is 38.0 Å². The number of ether oxygens (including phenoxy) is 6. The standard InChI is InChI=1S/C41H47FN4O10/c1-7-14-52-24(4)39(48)54-21-28-18-44-23(3)36(31(28)22-55-40(49)25(5)53-15-8-2)56-41(50)30-16-27-17-32(42)35(45-19-26-10-9-13-43-33(26)20-45)37(51-6)34(27)46(38(30)47)29-11-12-29/h1-2,17-18,24-26,29-30,33,43H,9-16,19-22H2,3-6H3. The zero-order valence-electron chi connectivity index (χ0n) is 32.1. The number of nitrogens with one attached hydrogen (secondary N) is 1. The van der Waals surface area contributed by atoms with Gasteiger partial charge in [-0.3, -0.25) is 14.6 Å². The summed E-state index contributed by atoms with van der Waals surface area (Å²) in [5.41, 5.74) is 1.86. The van der Waals surface area contributed by atoms with Crippen molar-refractivity contribution in [2.45, 2.75) is 90.4 Å². The zero-order valence-corrected chi connectivity index (χ0v) is 32.1. The van der Waals surface area contributed by atoms with E-state index in [1.54, 1.807) is 11.8 Å². The highest BCUT2D eigenvalue weighted by Gasteiger charge is 2.48. The molecule has 14 nitrogen and oxygen atoms in total. The number of pyridine rings is 1. The van der Waals surface area contributed by atoms with E-state index in [1.165, 1.54) is 33.2 Å². The molecule has 5 atom stereocenters. The second-order valence-corrected chi connectivity index (χ2v) is 14.4. The number of aryl methyl sites for hydroxylation is 1. The Bertz CT molecular complexity index is 1920. The molecule has 298 valence electrons. The number of nitrogens with zero attached hydrogens (tertiary/aromatic N) is 3. The van der Waals surface area contributed by atoms with Crippen LogP contribution < -0.4 is 24.6 Å². The molecular weight excluding hydrogens is 727 g/mol. The number of rotatable bonds is 15. The number of anilines is 2. The van der Waals surface area contributed by atoms with Crippen molar-refractivity contribution in [3.63, 3.8) is 0 Å². The van der Waals surface area contributed by atoms with Crippen molar-refractivity contribution in [1.82, 2.24) is 10.3 Å². The maximum atomic E-state index is 16.3. The van der Waals surface area contributed by atoms with E-state index < -0.39 is 54.4 Å². The third-order valence-corrected chi connectivity index (χ3v) is 10.6. The van der Waals surface area contributed by atoms with Crippen molar-refractivity contribution >= 4 is 35.2 Å². The molecule has 4 heterocycles. The van der Waals surface area contributed by atoms with Crippen LogP contribution in [0.4, 0.5) is 15.8 Å². The van der Waals surface area contributed by atoms with Crippen LogP contribution in [0.25, 0.3) is 0 Å². The Hall–Kier alpha value is -5.22. The summed E-state index contributed by atoms with van der Waals surface area (Å²) in [4.78, 5) is 61.9. The highest BCUT2D eigenvalue weighted by molar-refractivity contribution is 6.11. The molecule has 0 radical (unpaired) electrons. The highest BCUT2D eigenvalue weighted by atomic mass is 19.1. The quantitative estimate of drug-likeness (QED) is 0.160. The van der Waals surface area contributed by atoms with Crippen LogP contribution >= 0.6 is 0 Å². The van der Waals surface area contributed by atoms with Crippen LogP contribution in [0, 0.1) is 49.3 Å². The number of hydrogen-bond acceptors (Lipinski definition) is 13. The summed E-state index contributed by atoms with van der Waals surface area (Å²) >= 11 is 0. The summed E-state index contributed by atoms with van der Waals surface area (Å²) in [7, 11) is 1.47. The number of methoxy groups -OCH3 is 1. The predicted octanol–water partition coefficient (Wildman–Crippen LogP) is 3.16. The lowest BCUT2D eigenvalue weighted by atomic mass is 9.90. The van der Waals surface area contributed by atoms with Crippen molar-refractivity contribution in [3.05, 3.63) is 40.5 Å². The number of benzene rings is 1. The van der Waals surface area contributed by atoms with E-state index in [4.69, 9.17) is 41.3 Å². The molecule has 6 rings (SSSR count). The van der Waals surface area contributed by atoms with Gasteiger partial charge < -0.3 is 43.5 Å². The van der Waals surface area contributed by atoms with Gasteiger partial charge in [-0.15, -0.1) is 12.8 Å². The molecule has 1 N–H and O–H groups in total. The Morgan fingerprint density at radius 1 is 1.00 bits per heavy atom. The summed E-state index contributed by atoms with van der Waals surface area (Å²) in [5, 5.41) is 3.55. The van der Waals surface area contributed by atoms with Gasteiger partial charge in [0.05, 0.1) is 18.5 Å². The van der Waals surface area contributed by atoms with Crippen molar-refractivity contribution in [2.24, 2.45) is 11.8 Å². The van der Waals surface area contributed by atoms with Gasteiger partial charge in [0.25, 0.3) is 0 Å². The highest BCUT2D eigenvalue weighted by Crippen LogP contribution is 2.50. The molecule has 2 aromatic rings. The minimum atomic E-state index is -1.35. The maximum Gasteiger partial charge on any atom is 0.335 e. The summed E-state index contributed by atoms with van der Waals surface area (Å²) in [6.45, 7) is 5.66. The molecular formula is C41H47FN4O10. The fourth-order valence-electron chi connectivity index (χ4n) is 7.53. The third kappa shape index (κ3) is 8.60. The first-order valence-electron chi connectivity index (χ1n) is 18.8. The van der Waals surface area contributed by atoms with Crippen molar-refractivity contribution in [1.29, 1.82) is 0 Å². The molecule has 5 unspecified atom stereocenters. The molecule has 1 aromatic carbocycles. The largest absolute Gasteiger partial charge is 0.492 e. The maximum absolute atomic E-state index is 16.3. The monoisotopic (exact) mass is 774 g/mol. The first kappa shape index (κ1) is 40.4. The summed E-state index contributed by atoms with van der Waals surface area (Å²) in [5.74, 6) is 0.378. The fourth-order valence-corrected chi connectivity index (χ4v) is 7.53. The van der Waals surface area contributed by atoms with E-state index in [9.17, 15) is 19.2 Å². The van der Waals surface area contributed by atoms with Gasteiger partial charge >= 0.3 is 17.9 Å². The number of carbonyl (C=O) groups excluding carboxylic acids is 4. The van der Waals surface area contributed by atoms with Gasteiger partial charge in [-0.2, -0.15) is 0 Å². The predicted molar refractivity (Wildman–Crippen MR) is 200 cm³/mol. The minimum absolute atomic E-state index is 0.0926. The van der Waals surface area contributed by atoms with E-state index in [1.807, 2.05) is 4.90 Å². The second kappa shape index (κ2) is 17.7. The van der Waals surface area contributed by atoms with Crippen molar-refractivity contribution < 1.29 is 52.0 Å². The summed E-state index contributed by atoms with van der Waals surface area (Å²) in [6, 6.07) is 1.44. The van der Waals surface area contributed by atoms with Gasteiger partial charge in [-0.1, -0.05) is 11.8 Å². The number of carbonyl (C=O) groups is 4. The van der Waals surface area contributed by atoms with Gasteiger partial charge in [0.15, 0.2) is 29.5 Å².